The molecule has 0 amide bonds. The Bertz CT molecular complexity index is 198. The van der Waals surface area contributed by atoms with Gasteiger partial charge in [-0.3, -0.25) is 0 Å². The van der Waals surface area contributed by atoms with Crippen molar-refractivity contribution in [3.05, 3.63) is 29.8 Å². The molecule has 0 aliphatic heterocycles. The molecule has 0 aliphatic rings. The minimum absolute atomic E-state index is 0.146. The van der Waals surface area contributed by atoms with Crippen LogP contribution in [-0.4, -0.2) is 13.0 Å². The molecule has 0 radical (unpaired) electrons. The lowest BCUT2D eigenvalue weighted by Gasteiger charge is -1.98. The molecule has 0 atom stereocenters. The summed E-state index contributed by atoms with van der Waals surface area (Å²) in [6.07, 6.45) is 0. The number of aliphatic hydroxyl groups excluding tert-OH is 1. The van der Waals surface area contributed by atoms with Crippen molar-refractivity contribution < 1.29 is 5.11 Å². The van der Waals surface area contributed by atoms with E-state index in [9.17, 15) is 0 Å². The van der Waals surface area contributed by atoms with Crippen LogP contribution in [0.3, 0.4) is 0 Å². The molecule has 0 saturated heterocycles. The molecule has 0 aliphatic carbocycles. The maximum absolute atomic E-state index is 8.72. The van der Waals surface area contributed by atoms with Crippen LogP contribution in [0.5, 0.6) is 0 Å². The van der Waals surface area contributed by atoms with E-state index in [2.05, 4.69) is 0 Å². The first-order chi connectivity index (χ1) is 4.34. The van der Waals surface area contributed by atoms with Crippen molar-refractivity contribution in [2.24, 2.45) is 0 Å². The van der Waals surface area contributed by atoms with Gasteiger partial charge in [-0.25, -0.2) is 0 Å². The largest absolute Gasteiger partial charge is 0.392 e. The molecule has 0 bridgehead atoms. The maximum atomic E-state index is 8.72. The Labute approximate surface area is 55.7 Å². The van der Waals surface area contributed by atoms with Gasteiger partial charge >= 0.3 is 0 Å². The number of rotatable bonds is 1. The summed E-state index contributed by atoms with van der Waals surface area (Å²) in [4.78, 5) is 0. The van der Waals surface area contributed by atoms with Crippen LogP contribution in [0, 0.1) is 0 Å². The Morgan fingerprint density at radius 2 is 2.00 bits per heavy atom. The van der Waals surface area contributed by atoms with Gasteiger partial charge in [0, 0.05) is 0 Å². The summed E-state index contributed by atoms with van der Waals surface area (Å²) in [5.74, 6) is 0. The van der Waals surface area contributed by atoms with Crippen molar-refractivity contribution in [3.8, 4) is 0 Å². The smallest absolute Gasteiger partial charge is 0.139 e. The fraction of sp³-hybridized carbons (Fsp3) is 0.143. The van der Waals surface area contributed by atoms with Gasteiger partial charge in [0.25, 0.3) is 0 Å². The molecule has 0 unspecified atom stereocenters. The second kappa shape index (κ2) is 2.69. The Hall–Kier alpha value is -0.755. The Morgan fingerprint density at radius 1 is 1.33 bits per heavy atom. The summed E-state index contributed by atoms with van der Waals surface area (Å²) in [6, 6.07) is 7.81. The molecule has 0 spiro atoms. The zero-order chi connectivity index (χ0) is 6.69. The van der Waals surface area contributed by atoms with E-state index in [4.69, 9.17) is 5.11 Å². The lowest BCUT2D eigenvalue weighted by molar-refractivity contribution is 0.283. The fourth-order valence-corrected chi connectivity index (χ4v) is 0.787. The predicted molar refractivity (Wildman–Crippen MR) is 40.5 cm³/mol. The third kappa shape index (κ3) is 1.33. The molecule has 1 N–H and O–H groups in total. The van der Waals surface area contributed by atoms with Gasteiger partial charge in [-0.1, -0.05) is 29.7 Å². The van der Waals surface area contributed by atoms with Crippen molar-refractivity contribution in [2.75, 3.05) is 0 Å². The van der Waals surface area contributed by atoms with E-state index in [0.717, 1.165) is 11.0 Å². The third-order valence-electron chi connectivity index (χ3n) is 1.43. The van der Waals surface area contributed by atoms with Gasteiger partial charge in [-0.05, 0) is 5.56 Å². The maximum Gasteiger partial charge on any atom is 0.139 e. The molecule has 2 heteroatoms. The second-order valence-electron chi connectivity index (χ2n) is 2.08. The standard InChI is InChI=1S/C7H9BO/c8-7-4-2-1-3-6(7)5-9/h1-4,9H,5,8H2. The molecule has 0 heterocycles. The number of hydrogen-bond acceptors (Lipinski definition) is 1. The van der Waals surface area contributed by atoms with Gasteiger partial charge in [0.2, 0.25) is 0 Å². The van der Waals surface area contributed by atoms with Gasteiger partial charge in [0.1, 0.15) is 7.85 Å². The van der Waals surface area contributed by atoms with E-state index in [1.165, 1.54) is 0 Å². The molecule has 1 aromatic carbocycles. The van der Waals surface area contributed by atoms with Gasteiger partial charge in [-0.2, -0.15) is 0 Å². The van der Waals surface area contributed by atoms with E-state index in [1.54, 1.807) is 0 Å². The molecule has 9 heavy (non-hydrogen) atoms. The summed E-state index contributed by atoms with van der Waals surface area (Å²) in [6.45, 7) is 0.146. The summed E-state index contributed by atoms with van der Waals surface area (Å²) in [5, 5.41) is 8.72. The lowest BCUT2D eigenvalue weighted by atomic mass is 9.91. The van der Waals surface area contributed by atoms with E-state index in [-0.39, 0.29) is 6.61 Å². The van der Waals surface area contributed by atoms with Crippen molar-refractivity contribution in [2.45, 2.75) is 6.61 Å². The van der Waals surface area contributed by atoms with Crippen molar-refractivity contribution in [3.63, 3.8) is 0 Å². The molecule has 0 saturated carbocycles. The number of benzene rings is 1. The third-order valence-corrected chi connectivity index (χ3v) is 1.43. The molecule has 1 aromatic rings. The minimum Gasteiger partial charge on any atom is -0.392 e. The highest BCUT2D eigenvalue weighted by Crippen LogP contribution is 1.91. The van der Waals surface area contributed by atoms with Gasteiger partial charge in [-0.15, -0.1) is 0 Å². The molecular formula is C7H9BO. The van der Waals surface area contributed by atoms with Gasteiger partial charge in [0.05, 0.1) is 6.61 Å². The summed E-state index contributed by atoms with van der Waals surface area (Å²) in [7, 11) is 1.99. The first-order valence-electron chi connectivity index (χ1n) is 3.00. The monoisotopic (exact) mass is 120 g/mol. The van der Waals surface area contributed by atoms with Crippen LogP contribution >= 0.6 is 0 Å². The Morgan fingerprint density at radius 3 is 2.44 bits per heavy atom. The number of aliphatic hydroxyl groups is 1. The highest BCUT2D eigenvalue weighted by molar-refractivity contribution is 6.33. The summed E-state index contributed by atoms with van der Waals surface area (Å²) in [5.41, 5.74) is 2.16. The SMILES string of the molecule is Bc1ccccc1CO. The first kappa shape index (κ1) is 6.37. The van der Waals surface area contributed by atoms with Crippen molar-refractivity contribution >= 4 is 13.3 Å². The molecule has 0 aromatic heterocycles. The minimum atomic E-state index is 0.146. The molecule has 46 valence electrons. The average Bonchev–Trinajstić information content (AvgIpc) is 1.89. The van der Waals surface area contributed by atoms with E-state index >= 15 is 0 Å². The van der Waals surface area contributed by atoms with Crippen LogP contribution in [0.15, 0.2) is 24.3 Å². The van der Waals surface area contributed by atoms with Gasteiger partial charge < -0.3 is 5.11 Å². The average molecular weight is 120 g/mol. The second-order valence-corrected chi connectivity index (χ2v) is 2.08. The molecular weight excluding hydrogens is 111 g/mol. The van der Waals surface area contributed by atoms with E-state index in [1.807, 2.05) is 32.1 Å². The van der Waals surface area contributed by atoms with Crippen LogP contribution in [0.1, 0.15) is 5.56 Å². The summed E-state index contributed by atoms with van der Waals surface area (Å²) >= 11 is 0. The fourth-order valence-electron chi connectivity index (χ4n) is 0.787. The molecule has 0 fully saturated rings. The van der Waals surface area contributed by atoms with Crippen LogP contribution in [-0.2, 0) is 6.61 Å². The number of hydrogen-bond donors (Lipinski definition) is 1. The van der Waals surface area contributed by atoms with Crippen molar-refractivity contribution in [1.82, 2.24) is 0 Å². The summed E-state index contributed by atoms with van der Waals surface area (Å²) < 4.78 is 0. The molecule has 1 rings (SSSR count). The van der Waals surface area contributed by atoms with Crippen LogP contribution < -0.4 is 5.46 Å². The first-order valence-corrected chi connectivity index (χ1v) is 3.00. The van der Waals surface area contributed by atoms with Crippen LogP contribution in [0.4, 0.5) is 0 Å². The topological polar surface area (TPSA) is 20.2 Å². The van der Waals surface area contributed by atoms with Crippen LogP contribution in [0.2, 0.25) is 0 Å². The predicted octanol–water partition coefficient (Wildman–Crippen LogP) is -0.563. The van der Waals surface area contributed by atoms with Gasteiger partial charge in [0.15, 0.2) is 0 Å². The zero-order valence-corrected chi connectivity index (χ0v) is 5.46. The van der Waals surface area contributed by atoms with Crippen LogP contribution in [0.25, 0.3) is 0 Å². The van der Waals surface area contributed by atoms with E-state index < -0.39 is 0 Å². The Kier molecular flexibility index (Phi) is 1.90. The van der Waals surface area contributed by atoms with E-state index in [0.29, 0.717) is 0 Å². The lowest BCUT2D eigenvalue weighted by Crippen LogP contribution is -2.08. The Balaban J connectivity index is 3.01. The zero-order valence-electron chi connectivity index (χ0n) is 5.46. The van der Waals surface area contributed by atoms with Crippen molar-refractivity contribution in [1.29, 1.82) is 0 Å². The normalized spacial score (nSPS) is 9.44. The molecule has 1 nitrogen and oxygen atoms in total. The highest BCUT2D eigenvalue weighted by atomic mass is 16.3. The quantitative estimate of drug-likeness (QED) is 0.492. The highest BCUT2D eigenvalue weighted by Gasteiger charge is 1.90.